The van der Waals surface area contributed by atoms with Crippen molar-refractivity contribution in [2.24, 2.45) is 0 Å². The number of likely N-dealkylation sites (N-methyl/N-ethyl adjacent to an activating group) is 1. The van der Waals surface area contributed by atoms with Crippen LogP contribution in [0, 0.1) is 0 Å². The third-order valence-electron chi connectivity index (χ3n) is 4.20. The third-order valence-corrected chi connectivity index (χ3v) is 5.10. The summed E-state index contributed by atoms with van der Waals surface area (Å²) in [6.45, 7) is 1.36. The molecular formula is C14H16AlNO2. The van der Waals surface area contributed by atoms with E-state index < -0.39 is 0 Å². The summed E-state index contributed by atoms with van der Waals surface area (Å²) < 4.78 is 6.68. The Labute approximate surface area is 113 Å². The van der Waals surface area contributed by atoms with E-state index in [1.165, 1.54) is 9.99 Å². The third kappa shape index (κ3) is 1.46. The van der Waals surface area contributed by atoms with Gasteiger partial charge in [-0.2, -0.15) is 0 Å². The zero-order valence-electron chi connectivity index (χ0n) is 10.6. The van der Waals surface area contributed by atoms with Crippen molar-refractivity contribution in [1.29, 1.82) is 0 Å². The zero-order chi connectivity index (χ0) is 12.8. The quantitative estimate of drug-likeness (QED) is 0.685. The number of benzene rings is 1. The topological polar surface area (TPSA) is 29.5 Å². The second kappa shape index (κ2) is 4.31. The van der Waals surface area contributed by atoms with Crippen LogP contribution in [0.4, 0.5) is 5.69 Å². The number of carbonyl (C=O) groups excluding carboxylic acids is 1. The number of ether oxygens (including phenoxy) is 1. The first-order valence-corrected chi connectivity index (χ1v) is 7.72. The van der Waals surface area contributed by atoms with Gasteiger partial charge in [-0.15, -0.1) is 0 Å². The van der Waals surface area contributed by atoms with E-state index in [9.17, 15) is 4.79 Å². The van der Waals surface area contributed by atoms with E-state index in [1.807, 2.05) is 11.9 Å². The van der Waals surface area contributed by atoms with Crippen LogP contribution in [0.25, 0.3) is 0 Å². The van der Waals surface area contributed by atoms with Crippen molar-refractivity contribution in [1.82, 2.24) is 0 Å². The van der Waals surface area contributed by atoms with E-state index >= 15 is 0 Å². The summed E-state index contributed by atoms with van der Waals surface area (Å²) in [5.74, 6) is 0.237. The Morgan fingerprint density at radius 1 is 1.39 bits per heavy atom. The van der Waals surface area contributed by atoms with E-state index in [1.54, 1.807) is 0 Å². The monoisotopic (exact) mass is 257 g/mol. The van der Waals surface area contributed by atoms with Gasteiger partial charge in [-0.05, 0) is 0 Å². The second-order valence-electron chi connectivity index (χ2n) is 5.01. The van der Waals surface area contributed by atoms with Gasteiger partial charge in [0.15, 0.2) is 0 Å². The fraction of sp³-hybridized carbons (Fsp3) is 0.429. The van der Waals surface area contributed by atoms with E-state index in [0.717, 1.165) is 18.5 Å². The van der Waals surface area contributed by atoms with Gasteiger partial charge in [0.25, 0.3) is 0 Å². The SMILES string of the molecule is [CH2]=[Al][c]1cccc2c1N(C)C(=O)C21CCOCC1. The minimum absolute atomic E-state index is 0.0209. The van der Waals surface area contributed by atoms with Crippen molar-refractivity contribution in [3.8, 4) is 0 Å². The first-order valence-electron chi connectivity index (χ1n) is 6.32. The number of fused-ring (bicyclic) bond motifs is 2. The van der Waals surface area contributed by atoms with Gasteiger partial charge < -0.3 is 0 Å². The van der Waals surface area contributed by atoms with Gasteiger partial charge in [0, 0.05) is 0 Å². The summed E-state index contributed by atoms with van der Waals surface area (Å²) in [6, 6.07) is 6.28. The molecule has 0 saturated carbocycles. The Kier molecular flexibility index (Phi) is 2.90. The summed E-state index contributed by atoms with van der Waals surface area (Å²) in [4.78, 5) is 14.5. The van der Waals surface area contributed by atoms with Crippen LogP contribution < -0.4 is 9.33 Å². The van der Waals surface area contributed by atoms with E-state index in [0.29, 0.717) is 13.2 Å². The van der Waals surface area contributed by atoms with Gasteiger partial charge in [-0.1, -0.05) is 0 Å². The van der Waals surface area contributed by atoms with Crippen LogP contribution in [0.5, 0.6) is 0 Å². The minimum atomic E-state index is -0.326. The molecule has 0 atom stereocenters. The van der Waals surface area contributed by atoms with Crippen molar-refractivity contribution < 1.29 is 9.53 Å². The molecule has 2 aliphatic rings. The van der Waals surface area contributed by atoms with Crippen molar-refractivity contribution in [3.63, 3.8) is 0 Å². The molecule has 0 bridgehead atoms. The van der Waals surface area contributed by atoms with Gasteiger partial charge in [0.1, 0.15) is 0 Å². The molecule has 0 N–H and O–H groups in total. The molecule has 1 spiro atoms. The van der Waals surface area contributed by atoms with E-state index in [2.05, 4.69) is 23.6 Å². The Morgan fingerprint density at radius 2 is 2.11 bits per heavy atom. The molecule has 0 unspecified atom stereocenters. The standard InChI is InChI=1S/C13H14NO2.CH2.Al/c1-14-11-5-3-2-4-10(11)13(12(14)15)6-8-16-9-7-13;;/h2-4H,6-9H2,1H3;1H2;. The predicted octanol–water partition coefficient (Wildman–Crippen LogP) is 0.473. The maximum atomic E-state index is 12.7. The molecule has 18 heavy (non-hydrogen) atoms. The van der Waals surface area contributed by atoms with Crippen LogP contribution in [-0.4, -0.2) is 46.3 Å². The summed E-state index contributed by atoms with van der Waals surface area (Å²) in [7, 11) is 1.89. The Balaban J connectivity index is 2.21. The molecule has 92 valence electrons. The maximum absolute atomic E-state index is 12.7. The number of nitrogens with zero attached hydrogens (tertiary/aromatic N) is 1. The molecule has 1 aromatic carbocycles. The predicted molar refractivity (Wildman–Crippen MR) is 74.1 cm³/mol. The first kappa shape index (κ1) is 12.1. The summed E-state index contributed by atoms with van der Waals surface area (Å²) in [5, 5.41) is 4.05. The molecule has 0 aliphatic carbocycles. The summed E-state index contributed by atoms with van der Waals surface area (Å²) >= 11 is -0.0209. The fourth-order valence-electron chi connectivity index (χ4n) is 3.23. The molecule has 1 amide bonds. The Bertz CT molecular complexity index is 521. The van der Waals surface area contributed by atoms with Crippen LogP contribution in [-0.2, 0) is 14.9 Å². The second-order valence-corrected chi connectivity index (χ2v) is 6.04. The van der Waals surface area contributed by atoms with Crippen molar-refractivity contribution in [2.45, 2.75) is 18.3 Å². The van der Waals surface area contributed by atoms with Crippen LogP contribution in [0.1, 0.15) is 18.4 Å². The van der Waals surface area contributed by atoms with Gasteiger partial charge in [0.05, 0.1) is 0 Å². The number of para-hydroxylation sites is 1. The number of carbonyl (C=O) groups is 1. The van der Waals surface area contributed by atoms with Crippen molar-refractivity contribution in [3.05, 3.63) is 23.8 Å². The van der Waals surface area contributed by atoms with Gasteiger partial charge in [-0.3, -0.25) is 0 Å². The molecule has 3 rings (SSSR count). The average Bonchev–Trinajstić information content (AvgIpc) is 2.63. The first-order chi connectivity index (χ1) is 8.70. The van der Waals surface area contributed by atoms with Gasteiger partial charge in [-0.25, -0.2) is 0 Å². The van der Waals surface area contributed by atoms with Crippen LogP contribution in [0.3, 0.4) is 0 Å². The number of rotatable bonds is 1. The van der Waals surface area contributed by atoms with Crippen LogP contribution >= 0.6 is 0 Å². The number of amides is 1. The summed E-state index contributed by atoms with van der Waals surface area (Å²) in [5.41, 5.74) is 1.99. The number of hydrogen-bond donors (Lipinski definition) is 0. The molecule has 1 fully saturated rings. The van der Waals surface area contributed by atoms with Crippen LogP contribution in [0.15, 0.2) is 18.2 Å². The molecule has 2 aliphatic heterocycles. The van der Waals surface area contributed by atoms with Crippen LogP contribution in [0.2, 0.25) is 0 Å². The summed E-state index contributed by atoms with van der Waals surface area (Å²) in [6.07, 6.45) is 1.61. The van der Waals surface area contributed by atoms with E-state index in [-0.39, 0.29) is 26.1 Å². The average molecular weight is 257 g/mol. The number of hydrogen-bond acceptors (Lipinski definition) is 2. The van der Waals surface area contributed by atoms with Gasteiger partial charge in [0.2, 0.25) is 0 Å². The molecular weight excluding hydrogens is 241 g/mol. The molecule has 1 saturated heterocycles. The molecule has 0 radical (unpaired) electrons. The molecule has 0 aromatic heterocycles. The Morgan fingerprint density at radius 3 is 2.78 bits per heavy atom. The van der Waals surface area contributed by atoms with E-state index in [4.69, 9.17) is 4.74 Å². The van der Waals surface area contributed by atoms with Gasteiger partial charge >= 0.3 is 113 Å². The fourth-order valence-corrected chi connectivity index (χ4v) is 4.02. The number of anilines is 1. The van der Waals surface area contributed by atoms with Crippen molar-refractivity contribution >= 4 is 36.2 Å². The molecule has 3 nitrogen and oxygen atoms in total. The zero-order valence-corrected chi connectivity index (χ0v) is 11.8. The van der Waals surface area contributed by atoms with Crippen molar-refractivity contribution in [2.75, 3.05) is 25.2 Å². The molecule has 4 heteroatoms. The molecule has 1 aromatic rings. The molecule has 2 heterocycles. The Hall–Kier alpha value is -0.948. The normalized spacial score (nSPS) is 20.9.